The zero-order valence-electron chi connectivity index (χ0n) is 21.7. The summed E-state index contributed by atoms with van der Waals surface area (Å²) in [5, 5.41) is 0. The van der Waals surface area contributed by atoms with E-state index in [1.54, 1.807) is 0 Å². The molecule has 4 heteroatoms. The van der Waals surface area contributed by atoms with Crippen LogP contribution in [-0.4, -0.2) is 45.8 Å². The second kappa shape index (κ2) is 12.1. The summed E-state index contributed by atoms with van der Waals surface area (Å²) in [6, 6.07) is 20.4. The Morgan fingerprint density at radius 3 is 1.17 bits per heavy atom. The number of carbonyl (C=O) groups is 2. The number of amides is 2. The van der Waals surface area contributed by atoms with Crippen LogP contribution in [0.15, 0.2) is 60.7 Å². The van der Waals surface area contributed by atoms with Crippen molar-refractivity contribution in [2.45, 2.75) is 114 Å². The monoisotopic (exact) mass is 486 g/mol. The van der Waals surface area contributed by atoms with Crippen molar-refractivity contribution >= 4 is 11.8 Å². The standard InChI is InChI=1S/C32H42N2O2/c35-31(25-15-5-1-6-16-25)33(27-19-9-3-10-20-27)29-23-13-14-24-30(29)34(28-21-11-4-12-22-28)32(36)26-17-7-2-8-18-26/h1-2,5-8,15-18,27-30H,3-4,9-14,19-24H2. The molecular formula is C32H42N2O2. The summed E-state index contributed by atoms with van der Waals surface area (Å²) in [6.45, 7) is 0. The average Bonchev–Trinajstić information content (AvgIpc) is 2.96. The summed E-state index contributed by atoms with van der Waals surface area (Å²) in [4.78, 5) is 32.8. The molecule has 0 aliphatic heterocycles. The van der Waals surface area contributed by atoms with Crippen molar-refractivity contribution in [1.29, 1.82) is 0 Å². The molecule has 2 unspecified atom stereocenters. The zero-order valence-corrected chi connectivity index (χ0v) is 21.7. The van der Waals surface area contributed by atoms with Crippen molar-refractivity contribution in [3.8, 4) is 0 Å². The lowest BCUT2D eigenvalue weighted by atomic mass is 9.82. The number of carbonyl (C=O) groups excluding carboxylic acids is 2. The summed E-state index contributed by atoms with van der Waals surface area (Å²) < 4.78 is 0. The Morgan fingerprint density at radius 2 is 0.806 bits per heavy atom. The second-order valence-electron chi connectivity index (χ2n) is 11.2. The van der Waals surface area contributed by atoms with Crippen LogP contribution in [0.4, 0.5) is 0 Å². The van der Waals surface area contributed by atoms with Gasteiger partial charge in [0.05, 0.1) is 12.1 Å². The Labute approximate surface area is 217 Å². The normalized spacial score (nSPS) is 23.7. The lowest BCUT2D eigenvalue weighted by Crippen LogP contribution is -2.61. The molecule has 192 valence electrons. The lowest BCUT2D eigenvalue weighted by molar-refractivity contribution is -0.00118. The predicted molar refractivity (Wildman–Crippen MR) is 145 cm³/mol. The first-order valence-corrected chi connectivity index (χ1v) is 14.5. The van der Waals surface area contributed by atoms with Crippen molar-refractivity contribution in [1.82, 2.24) is 9.80 Å². The molecule has 0 N–H and O–H groups in total. The molecule has 2 amide bonds. The van der Waals surface area contributed by atoms with Crippen LogP contribution in [0.1, 0.15) is 111 Å². The summed E-state index contributed by atoms with van der Waals surface area (Å²) in [6.07, 6.45) is 15.9. The Morgan fingerprint density at radius 1 is 0.472 bits per heavy atom. The summed E-state index contributed by atoms with van der Waals surface area (Å²) in [5.41, 5.74) is 1.57. The largest absolute Gasteiger partial charge is 0.331 e. The number of nitrogens with zero attached hydrogens (tertiary/aromatic N) is 2. The molecule has 3 saturated carbocycles. The van der Waals surface area contributed by atoms with Crippen LogP contribution in [0.2, 0.25) is 0 Å². The van der Waals surface area contributed by atoms with E-state index in [1.165, 1.54) is 38.5 Å². The number of hydrogen-bond donors (Lipinski definition) is 0. The van der Waals surface area contributed by atoms with Crippen molar-refractivity contribution in [2.24, 2.45) is 0 Å². The molecule has 2 aromatic carbocycles. The molecule has 0 saturated heterocycles. The van der Waals surface area contributed by atoms with E-state index < -0.39 is 0 Å². The van der Waals surface area contributed by atoms with Crippen LogP contribution in [-0.2, 0) is 0 Å². The van der Waals surface area contributed by atoms with Gasteiger partial charge in [0.1, 0.15) is 0 Å². The predicted octanol–water partition coefficient (Wildman–Crippen LogP) is 7.25. The van der Waals surface area contributed by atoms with Gasteiger partial charge < -0.3 is 9.80 Å². The molecule has 2 atom stereocenters. The molecule has 3 aliphatic rings. The number of benzene rings is 2. The van der Waals surface area contributed by atoms with E-state index in [0.29, 0.717) is 0 Å². The highest BCUT2D eigenvalue weighted by molar-refractivity contribution is 5.96. The molecule has 3 aliphatic carbocycles. The highest BCUT2D eigenvalue weighted by Crippen LogP contribution is 2.37. The minimum atomic E-state index is 0.0872. The molecule has 0 spiro atoms. The van der Waals surface area contributed by atoms with Crippen LogP contribution < -0.4 is 0 Å². The molecule has 0 aromatic heterocycles. The fraction of sp³-hybridized carbons (Fsp3) is 0.562. The van der Waals surface area contributed by atoms with E-state index in [0.717, 1.165) is 62.5 Å². The topological polar surface area (TPSA) is 40.6 Å². The number of hydrogen-bond acceptors (Lipinski definition) is 2. The van der Waals surface area contributed by atoms with E-state index >= 15 is 0 Å². The van der Waals surface area contributed by atoms with Gasteiger partial charge in [0.25, 0.3) is 11.8 Å². The quantitative estimate of drug-likeness (QED) is 0.431. The van der Waals surface area contributed by atoms with Crippen molar-refractivity contribution in [3.05, 3.63) is 71.8 Å². The van der Waals surface area contributed by atoms with E-state index in [1.807, 2.05) is 60.7 Å². The first-order valence-electron chi connectivity index (χ1n) is 14.5. The third-order valence-corrected chi connectivity index (χ3v) is 8.86. The average molecular weight is 487 g/mol. The van der Waals surface area contributed by atoms with Crippen LogP contribution in [0.3, 0.4) is 0 Å². The SMILES string of the molecule is O=C(c1ccccc1)N(C1CCCCC1)C1CCCCC1N(C(=O)c1ccccc1)C1CCCCC1. The Bertz CT molecular complexity index is 898. The van der Waals surface area contributed by atoms with Crippen LogP contribution >= 0.6 is 0 Å². The molecular weight excluding hydrogens is 444 g/mol. The third-order valence-electron chi connectivity index (χ3n) is 8.86. The molecule has 0 heterocycles. The van der Waals surface area contributed by atoms with Crippen molar-refractivity contribution in [2.75, 3.05) is 0 Å². The van der Waals surface area contributed by atoms with Gasteiger partial charge in [-0.3, -0.25) is 9.59 Å². The van der Waals surface area contributed by atoms with Gasteiger partial charge in [-0.2, -0.15) is 0 Å². The Balaban J connectivity index is 1.52. The van der Waals surface area contributed by atoms with Gasteiger partial charge in [-0.25, -0.2) is 0 Å². The Kier molecular flexibility index (Phi) is 8.40. The van der Waals surface area contributed by atoms with Gasteiger partial charge >= 0.3 is 0 Å². The highest BCUT2D eigenvalue weighted by atomic mass is 16.2. The minimum absolute atomic E-state index is 0.0872. The summed E-state index contributed by atoms with van der Waals surface area (Å²) in [5.74, 6) is 0.324. The van der Waals surface area contributed by atoms with E-state index in [9.17, 15) is 9.59 Å². The van der Waals surface area contributed by atoms with Gasteiger partial charge in [0.15, 0.2) is 0 Å². The first-order chi connectivity index (χ1) is 17.7. The van der Waals surface area contributed by atoms with Gasteiger partial charge in [-0.15, -0.1) is 0 Å². The molecule has 0 bridgehead atoms. The summed E-state index contributed by atoms with van der Waals surface area (Å²) in [7, 11) is 0. The zero-order chi connectivity index (χ0) is 24.7. The minimum Gasteiger partial charge on any atom is -0.331 e. The first kappa shape index (κ1) is 25.0. The lowest BCUT2D eigenvalue weighted by Gasteiger charge is -2.51. The van der Waals surface area contributed by atoms with Gasteiger partial charge in [-0.1, -0.05) is 87.8 Å². The molecule has 5 rings (SSSR count). The van der Waals surface area contributed by atoms with Gasteiger partial charge in [-0.05, 0) is 62.8 Å². The third kappa shape index (κ3) is 5.53. The van der Waals surface area contributed by atoms with E-state index in [2.05, 4.69) is 9.80 Å². The van der Waals surface area contributed by atoms with Crippen LogP contribution in [0.25, 0.3) is 0 Å². The maximum atomic E-state index is 14.2. The van der Waals surface area contributed by atoms with Gasteiger partial charge in [0.2, 0.25) is 0 Å². The molecule has 36 heavy (non-hydrogen) atoms. The van der Waals surface area contributed by atoms with E-state index in [-0.39, 0.29) is 36.0 Å². The number of rotatable bonds is 6. The fourth-order valence-corrected chi connectivity index (χ4v) is 7.09. The van der Waals surface area contributed by atoms with Crippen LogP contribution in [0.5, 0.6) is 0 Å². The maximum absolute atomic E-state index is 14.2. The van der Waals surface area contributed by atoms with Crippen molar-refractivity contribution in [3.63, 3.8) is 0 Å². The second-order valence-corrected chi connectivity index (χ2v) is 11.2. The molecule has 0 radical (unpaired) electrons. The van der Waals surface area contributed by atoms with Crippen LogP contribution in [0, 0.1) is 0 Å². The highest BCUT2D eigenvalue weighted by Gasteiger charge is 2.43. The molecule has 2 aromatic rings. The molecule has 3 fully saturated rings. The smallest absolute Gasteiger partial charge is 0.254 e. The van der Waals surface area contributed by atoms with E-state index in [4.69, 9.17) is 0 Å². The molecule has 4 nitrogen and oxygen atoms in total. The van der Waals surface area contributed by atoms with Gasteiger partial charge in [0, 0.05) is 23.2 Å². The van der Waals surface area contributed by atoms with Crippen molar-refractivity contribution < 1.29 is 9.59 Å². The fourth-order valence-electron chi connectivity index (χ4n) is 7.09. The summed E-state index contributed by atoms with van der Waals surface area (Å²) >= 11 is 0. The maximum Gasteiger partial charge on any atom is 0.254 e. The Hall–Kier alpha value is -2.62.